The second-order valence-corrected chi connectivity index (χ2v) is 6.09. The Morgan fingerprint density at radius 1 is 1.28 bits per heavy atom. The highest BCUT2D eigenvalue weighted by Gasteiger charge is 2.09. The van der Waals surface area contributed by atoms with Gasteiger partial charge >= 0.3 is 0 Å². The maximum Gasteiger partial charge on any atom is 0.216 e. The van der Waals surface area contributed by atoms with Crippen molar-refractivity contribution in [1.82, 2.24) is 14.9 Å². The molecule has 0 fully saturated rings. The molecular weight excluding hydrogens is 356 g/mol. The Hall–Kier alpha value is -2.70. The molecule has 0 amide bonds. The van der Waals surface area contributed by atoms with Gasteiger partial charge in [0.1, 0.15) is 5.75 Å². The second kappa shape index (κ2) is 7.46. The fourth-order valence-electron chi connectivity index (χ4n) is 2.34. The summed E-state index contributed by atoms with van der Waals surface area (Å²) in [5, 5.41) is 22.3. The molecule has 1 heterocycles. The molecule has 2 aromatic carbocycles. The van der Waals surface area contributed by atoms with Gasteiger partial charge in [0.2, 0.25) is 4.77 Å². The summed E-state index contributed by atoms with van der Waals surface area (Å²) in [5.41, 5.74) is 2.19. The lowest BCUT2D eigenvalue weighted by molar-refractivity contribution is 0.469. The molecule has 126 valence electrons. The SMILES string of the molecule is C=CCc1cccc(/C=N/n2c(-c3ccc(Cl)cc3)n[nH]c2=S)c1O. The standard InChI is InChI=1S/C18H15ClN4OS/c1-2-4-12-5-3-6-14(16(12)24)11-20-23-17(21-22-18(23)25)13-7-9-15(19)10-8-13/h2-3,5-11,24H,1,4H2,(H,22,25)/b20-11+. The van der Waals surface area contributed by atoms with Crippen LogP contribution in [0.3, 0.4) is 0 Å². The monoisotopic (exact) mass is 370 g/mol. The topological polar surface area (TPSA) is 66.2 Å². The number of benzene rings is 2. The second-order valence-electron chi connectivity index (χ2n) is 5.26. The minimum Gasteiger partial charge on any atom is -0.507 e. The van der Waals surface area contributed by atoms with Crippen molar-refractivity contribution in [2.45, 2.75) is 6.42 Å². The number of allylic oxidation sites excluding steroid dienone is 1. The quantitative estimate of drug-likeness (QED) is 0.392. The van der Waals surface area contributed by atoms with E-state index in [0.29, 0.717) is 27.6 Å². The molecule has 5 nitrogen and oxygen atoms in total. The first-order valence-corrected chi connectivity index (χ1v) is 8.28. The van der Waals surface area contributed by atoms with Crippen LogP contribution in [0.15, 0.2) is 60.2 Å². The zero-order valence-corrected chi connectivity index (χ0v) is 14.8. The third-order valence-corrected chi connectivity index (χ3v) is 4.10. The lowest BCUT2D eigenvalue weighted by Crippen LogP contribution is -1.96. The van der Waals surface area contributed by atoms with Crippen molar-refractivity contribution in [3.63, 3.8) is 0 Å². The first kappa shape index (κ1) is 17.1. The summed E-state index contributed by atoms with van der Waals surface area (Å²) in [6.07, 6.45) is 3.86. The van der Waals surface area contributed by atoms with E-state index in [9.17, 15) is 5.11 Å². The molecule has 2 N–H and O–H groups in total. The van der Waals surface area contributed by atoms with Crippen molar-refractivity contribution in [3.05, 3.63) is 76.0 Å². The Morgan fingerprint density at radius 2 is 2.04 bits per heavy atom. The van der Waals surface area contributed by atoms with E-state index < -0.39 is 0 Å². The van der Waals surface area contributed by atoms with Gasteiger partial charge in [-0.2, -0.15) is 14.9 Å². The summed E-state index contributed by atoms with van der Waals surface area (Å²) < 4.78 is 1.85. The van der Waals surface area contributed by atoms with Gasteiger partial charge in [-0.1, -0.05) is 29.8 Å². The predicted molar refractivity (Wildman–Crippen MR) is 103 cm³/mol. The molecule has 3 aromatic rings. The Labute approximate surface area is 154 Å². The molecule has 0 saturated heterocycles. The molecule has 7 heteroatoms. The number of aromatic amines is 1. The number of phenolic OH excluding ortho intramolecular Hbond substituents is 1. The number of aromatic nitrogens is 3. The molecular formula is C18H15ClN4OS. The number of hydrogen-bond acceptors (Lipinski definition) is 4. The van der Waals surface area contributed by atoms with Crippen molar-refractivity contribution >= 4 is 30.0 Å². The fraction of sp³-hybridized carbons (Fsp3) is 0.0556. The highest BCUT2D eigenvalue weighted by atomic mass is 35.5. The molecule has 0 aliphatic carbocycles. The summed E-state index contributed by atoms with van der Waals surface area (Å²) in [7, 11) is 0. The van der Waals surface area contributed by atoms with Crippen molar-refractivity contribution in [1.29, 1.82) is 0 Å². The van der Waals surface area contributed by atoms with E-state index in [1.807, 2.05) is 24.3 Å². The van der Waals surface area contributed by atoms with E-state index in [1.54, 1.807) is 30.5 Å². The van der Waals surface area contributed by atoms with Gasteiger partial charge < -0.3 is 5.11 Å². The molecule has 3 rings (SSSR count). The number of H-pyrrole nitrogens is 1. The first-order valence-electron chi connectivity index (χ1n) is 7.49. The van der Waals surface area contributed by atoms with Crippen LogP contribution in [0, 0.1) is 4.77 Å². The predicted octanol–water partition coefficient (Wildman–Crippen LogP) is 4.58. The number of phenols is 1. The molecule has 0 atom stereocenters. The van der Waals surface area contributed by atoms with E-state index in [0.717, 1.165) is 11.1 Å². The van der Waals surface area contributed by atoms with Crippen molar-refractivity contribution < 1.29 is 5.11 Å². The summed E-state index contributed by atoms with van der Waals surface area (Å²) in [6.45, 7) is 3.69. The van der Waals surface area contributed by atoms with Crippen LogP contribution in [-0.2, 0) is 6.42 Å². The summed E-state index contributed by atoms with van der Waals surface area (Å²) in [5.74, 6) is 0.730. The van der Waals surface area contributed by atoms with Gasteiger partial charge in [0, 0.05) is 16.1 Å². The van der Waals surface area contributed by atoms with Crippen LogP contribution in [0.2, 0.25) is 5.02 Å². The lowest BCUT2D eigenvalue weighted by Gasteiger charge is -2.05. The van der Waals surface area contributed by atoms with Gasteiger partial charge in [-0.15, -0.1) is 6.58 Å². The first-order chi connectivity index (χ1) is 12.1. The summed E-state index contributed by atoms with van der Waals surface area (Å²) in [4.78, 5) is 0. The smallest absolute Gasteiger partial charge is 0.216 e. The van der Waals surface area contributed by atoms with Crippen LogP contribution in [0.4, 0.5) is 0 Å². The third-order valence-electron chi connectivity index (χ3n) is 3.58. The normalized spacial score (nSPS) is 11.1. The van der Waals surface area contributed by atoms with Crippen molar-refractivity contribution in [3.8, 4) is 17.1 Å². The molecule has 25 heavy (non-hydrogen) atoms. The molecule has 0 saturated carbocycles. The van der Waals surface area contributed by atoms with E-state index in [1.165, 1.54) is 4.68 Å². The Morgan fingerprint density at radius 3 is 2.76 bits per heavy atom. The lowest BCUT2D eigenvalue weighted by atomic mass is 10.1. The zero-order chi connectivity index (χ0) is 17.8. The number of halogens is 1. The van der Waals surface area contributed by atoms with Crippen LogP contribution in [-0.4, -0.2) is 26.2 Å². The van der Waals surface area contributed by atoms with E-state index in [2.05, 4.69) is 21.9 Å². The molecule has 0 unspecified atom stereocenters. The van der Waals surface area contributed by atoms with E-state index in [4.69, 9.17) is 23.8 Å². The number of hydrogen-bond donors (Lipinski definition) is 2. The molecule has 0 aliphatic rings. The molecule has 0 radical (unpaired) electrons. The van der Waals surface area contributed by atoms with Crippen molar-refractivity contribution in [2.24, 2.45) is 5.10 Å². The summed E-state index contributed by atoms with van der Waals surface area (Å²) >= 11 is 11.2. The molecule has 0 bridgehead atoms. The maximum atomic E-state index is 10.3. The van der Waals surface area contributed by atoms with E-state index in [-0.39, 0.29) is 5.75 Å². The number of aromatic hydroxyl groups is 1. The number of nitrogens with zero attached hydrogens (tertiary/aromatic N) is 3. The number of nitrogens with one attached hydrogen (secondary N) is 1. The van der Waals surface area contributed by atoms with Crippen LogP contribution >= 0.6 is 23.8 Å². The largest absolute Gasteiger partial charge is 0.507 e. The highest BCUT2D eigenvalue weighted by molar-refractivity contribution is 7.71. The fourth-order valence-corrected chi connectivity index (χ4v) is 2.65. The highest BCUT2D eigenvalue weighted by Crippen LogP contribution is 2.23. The zero-order valence-electron chi connectivity index (χ0n) is 13.2. The molecule has 0 aliphatic heterocycles. The average molecular weight is 371 g/mol. The van der Waals surface area contributed by atoms with Gasteiger partial charge in [-0.25, -0.2) is 5.10 Å². The average Bonchev–Trinajstić information content (AvgIpc) is 2.97. The van der Waals surface area contributed by atoms with Crippen LogP contribution in [0.1, 0.15) is 11.1 Å². The minimum absolute atomic E-state index is 0.175. The van der Waals surface area contributed by atoms with Gasteiger partial charge in [-0.3, -0.25) is 0 Å². The van der Waals surface area contributed by atoms with Gasteiger partial charge in [0.25, 0.3) is 0 Å². The van der Waals surface area contributed by atoms with Crippen LogP contribution in [0.25, 0.3) is 11.4 Å². The number of para-hydroxylation sites is 1. The molecule has 0 spiro atoms. The third kappa shape index (κ3) is 3.70. The molecule has 1 aromatic heterocycles. The van der Waals surface area contributed by atoms with Gasteiger partial charge in [0.05, 0.1) is 6.21 Å². The Kier molecular flexibility index (Phi) is 5.11. The minimum atomic E-state index is 0.175. The Balaban J connectivity index is 1.99. The van der Waals surface area contributed by atoms with Gasteiger partial charge in [0.15, 0.2) is 5.82 Å². The Bertz CT molecular complexity index is 989. The van der Waals surface area contributed by atoms with Crippen LogP contribution < -0.4 is 0 Å². The summed E-state index contributed by atoms with van der Waals surface area (Å²) in [6, 6.07) is 12.7. The maximum absolute atomic E-state index is 10.3. The van der Waals surface area contributed by atoms with Crippen LogP contribution in [0.5, 0.6) is 5.75 Å². The van der Waals surface area contributed by atoms with Gasteiger partial charge in [-0.05, 0) is 54.5 Å². The van der Waals surface area contributed by atoms with Crippen molar-refractivity contribution in [2.75, 3.05) is 0 Å². The number of rotatable bonds is 5. The van der Waals surface area contributed by atoms with E-state index >= 15 is 0 Å².